The molecule has 0 aromatic heterocycles. The van der Waals surface area contributed by atoms with Gasteiger partial charge in [0.1, 0.15) is 23.8 Å². The van der Waals surface area contributed by atoms with Crippen LogP contribution in [0.5, 0.6) is 17.2 Å². The summed E-state index contributed by atoms with van der Waals surface area (Å²) in [4.78, 5) is 23.9. The molecule has 0 unspecified atom stereocenters. The van der Waals surface area contributed by atoms with Crippen molar-refractivity contribution in [1.29, 1.82) is 0 Å². The van der Waals surface area contributed by atoms with Crippen LogP contribution in [0, 0.1) is 6.92 Å². The number of carbonyl (C=O) groups excluding carboxylic acids is 2. The van der Waals surface area contributed by atoms with Crippen molar-refractivity contribution in [2.45, 2.75) is 18.7 Å². The molecule has 0 aliphatic rings. The molecule has 10 nitrogen and oxygen atoms in total. The molecule has 0 radical (unpaired) electrons. The molecule has 1 N–H and O–H groups in total. The number of anilines is 1. The van der Waals surface area contributed by atoms with Gasteiger partial charge >= 0.3 is 5.97 Å². The van der Waals surface area contributed by atoms with Crippen molar-refractivity contribution in [1.82, 2.24) is 5.43 Å². The molecular formula is C26H27N3O7S. The molecule has 0 atom stereocenters. The first-order valence-electron chi connectivity index (χ1n) is 11.1. The average molecular weight is 526 g/mol. The highest BCUT2D eigenvalue weighted by molar-refractivity contribution is 7.92. The highest BCUT2D eigenvalue weighted by Crippen LogP contribution is 2.35. The summed E-state index contributed by atoms with van der Waals surface area (Å²) in [5.41, 5.74) is 3.98. The lowest BCUT2D eigenvalue weighted by Crippen LogP contribution is -2.39. The van der Waals surface area contributed by atoms with E-state index in [4.69, 9.17) is 14.2 Å². The Morgan fingerprint density at radius 1 is 0.946 bits per heavy atom. The quantitative estimate of drug-likeness (QED) is 0.186. The number of hydrogen-bond acceptors (Lipinski definition) is 8. The van der Waals surface area contributed by atoms with Gasteiger partial charge in [-0.2, -0.15) is 5.10 Å². The third kappa shape index (κ3) is 7.07. The van der Waals surface area contributed by atoms with E-state index in [0.717, 1.165) is 9.87 Å². The normalized spacial score (nSPS) is 11.1. The molecule has 0 aliphatic heterocycles. The maximum atomic E-state index is 13.6. The fourth-order valence-corrected chi connectivity index (χ4v) is 4.68. The number of hydrogen-bond donors (Lipinski definition) is 1. The molecule has 0 saturated carbocycles. The highest BCUT2D eigenvalue weighted by Gasteiger charge is 2.30. The third-order valence-corrected chi connectivity index (χ3v) is 6.87. The number of nitrogens with zero attached hydrogens (tertiary/aromatic N) is 2. The molecule has 0 fully saturated rings. The summed E-state index contributed by atoms with van der Waals surface area (Å²) in [7, 11) is -1.32. The fourth-order valence-electron chi connectivity index (χ4n) is 3.26. The minimum atomic E-state index is -4.17. The number of benzene rings is 3. The lowest BCUT2D eigenvalue weighted by molar-refractivity contribution is -0.131. The lowest BCUT2D eigenvalue weighted by atomic mass is 10.2. The van der Waals surface area contributed by atoms with Crippen LogP contribution in [-0.2, 0) is 19.6 Å². The zero-order valence-corrected chi connectivity index (χ0v) is 21.6. The molecule has 11 heteroatoms. The van der Waals surface area contributed by atoms with Crippen molar-refractivity contribution in [3.8, 4) is 17.2 Å². The molecule has 194 valence electrons. The van der Waals surface area contributed by atoms with E-state index in [1.54, 1.807) is 48.5 Å². The van der Waals surface area contributed by atoms with Crippen LogP contribution >= 0.6 is 0 Å². The number of esters is 1. The number of hydrazone groups is 1. The van der Waals surface area contributed by atoms with Gasteiger partial charge in [0.15, 0.2) is 0 Å². The van der Waals surface area contributed by atoms with Gasteiger partial charge in [-0.25, -0.2) is 13.8 Å². The Morgan fingerprint density at radius 3 is 2.19 bits per heavy atom. The number of aryl methyl sites for hydroxylation is 1. The summed E-state index contributed by atoms with van der Waals surface area (Å²) >= 11 is 0. The standard InChI is InChI=1S/C26H27N3O7S/c1-18-5-12-23(13-6-18)37(32,33)29(24-15-22(34-3)11-14-25(24)35-4)17-26(31)28-27-16-20-7-9-21(10-8-20)36-19(2)30/h5-16H,17H2,1-4H3,(H,28,31)/b27-16-. The number of ether oxygens (including phenoxy) is 3. The molecule has 0 spiro atoms. The first kappa shape index (κ1) is 27.2. The largest absolute Gasteiger partial charge is 0.497 e. The Balaban J connectivity index is 1.87. The van der Waals surface area contributed by atoms with E-state index in [2.05, 4.69) is 10.5 Å². The van der Waals surface area contributed by atoms with Gasteiger partial charge in [-0.3, -0.25) is 13.9 Å². The molecule has 0 heterocycles. The van der Waals surface area contributed by atoms with Crippen LogP contribution in [-0.4, -0.2) is 47.3 Å². The number of methoxy groups -OCH3 is 2. The smallest absolute Gasteiger partial charge is 0.308 e. The summed E-state index contributed by atoms with van der Waals surface area (Å²) in [6.45, 7) is 2.56. The van der Waals surface area contributed by atoms with Gasteiger partial charge in [-0.05, 0) is 61.0 Å². The maximum Gasteiger partial charge on any atom is 0.308 e. The minimum absolute atomic E-state index is 0.00661. The Labute approximate surface area is 215 Å². The van der Waals surface area contributed by atoms with Crippen LogP contribution in [0.4, 0.5) is 5.69 Å². The molecule has 1 amide bonds. The van der Waals surface area contributed by atoms with E-state index < -0.39 is 28.4 Å². The second-order valence-corrected chi connectivity index (χ2v) is 9.68. The van der Waals surface area contributed by atoms with Crippen molar-refractivity contribution < 1.29 is 32.2 Å². The van der Waals surface area contributed by atoms with Crippen molar-refractivity contribution >= 4 is 33.8 Å². The minimum Gasteiger partial charge on any atom is -0.497 e. The first-order chi connectivity index (χ1) is 17.6. The Morgan fingerprint density at radius 2 is 1.59 bits per heavy atom. The van der Waals surface area contributed by atoms with Crippen LogP contribution in [0.15, 0.2) is 76.7 Å². The lowest BCUT2D eigenvalue weighted by Gasteiger charge is -2.25. The van der Waals surface area contributed by atoms with E-state index in [-0.39, 0.29) is 16.3 Å². The molecule has 0 bridgehead atoms. The summed E-state index contributed by atoms with van der Waals surface area (Å²) in [6, 6.07) is 17.4. The predicted molar refractivity (Wildman–Crippen MR) is 139 cm³/mol. The molecule has 37 heavy (non-hydrogen) atoms. The molecule has 3 aromatic rings. The Kier molecular flexibility index (Phi) is 8.86. The summed E-state index contributed by atoms with van der Waals surface area (Å²) in [5.74, 6) is -0.131. The highest BCUT2D eigenvalue weighted by atomic mass is 32.2. The van der Waals surface area contributed by atoms with Crippen LogP contribution in [0.25, 0.3) is 0 Å². The van der Waals surface area contributed by atoms with Crippen LogP contribution < -0.4 is 23.9 Å². The molecule has 3 aromatic carbocycles. The average Bonchev–Trinajstić information content (AvgIpc) is 2.87. The monoisotopic (exact) mass is 525 g/mol. The third-order valence-electron chi connectivity index (χ3n) is 5.10. The second kappa shape index (κ2) is 12.0. The van der Waals surface area contributed by atoms with Gasteiger partial charge in [-0.15, -0.1) is 0 Å². The zero-order chi connectivity index (χ0) is 27.0. The number of rotatable bonds is 10. The van der Waals surface area contributed by atoms with Crippen molar-refractivity contribution in [3.63, 3.8) is 0 Å². The Bertz CT molecular complexity index is 1390. The number of nitrogens with one attached hydrogen (secondary N) is 1. The molecule has 3 rings (SSSR count). The van der Waals surface area contributed by atoms with E-state index in [0.29, 0.717) is 17.1 Å². The predicted octanol–water partition coefficient (Wildman–Crippen LogP) is 3.28. The SMILES string of the molecule is COc1ccc(OC)c(N(CC(=O)N/N=C\c2ccc(OC(C)=O)cc2)S(=O)(=O)c2ccc(C)cc2)c1. The number of sulfonamides is 1. The molecule has 0 saturated heterocycles. The van der Waals surface area contributed by atoms with E-state index in [9.17, 15) is 18.0 Å². The topological polar surface area (TPSA) is 124 Å². The summed E-state index contributed by atoms with van der Waals surface area (Å²) < 4.78 is 43.8. The van der Waals surface area contributed by atoms with Gasteiger partial charge in [0.05, 0.1) is 31.0 Å². The first-order valence-corrected chi connectivity index (χ1v) is 12.5. The maximum absolute atomic E-state index is 13.6. The number of carbonyl (C=O) groups is 2. The van der Waals surface area contributed by atoms with Crippen molar-refractivity contribution in [2.75, 3.05) is 25.1 Å². The summed E-state index contributed by atoms with van der Waals surface area (Å²) in [6.07, 6.45) is 1.38. The van der Waals surface area contributed by atoms with Crippen LogP contribution in [0.2, 0.25) is 0 Å². The summed E-state index contributed by atoms with van der Waals surface area (Å²) in [5, 5.41) is 3.91. The van der Waals surface area contributed by atoms with Crippen LogP contribution in [0.3, 0.4) is 0 Å². The van der Waals surface area contributed by atoms with Gasteiger partial charge in [0.25, 0.3) is 15.9 Å². The van der Waals surface area contributed by atoms with E-state index in [1.165, 1.54) is 45.6 Å². The van der Waals surface area contributed by atoms with Crippen molar-refractivity contribution in [3.05, 3.63) is 77.9 Å². The van der Waals surface area contributed by atoms with E-state index in [1.807, 2.05) is 6.92 Å². The van der Waals surface area contributed by atoms with Gasteiger partial charge in [-0.1, -0.05) is 17.7 Å². The van der Waals surface area contributed by atoms with E-state index >= 15 is 0 Å². The second-order valence-electron chi connectivity index (χ2n) is 7.82. The van der Waals surface area contributed by atoms with Gasteiger partial charge < -0.3 is 14.2 Å². The van der Waals surface area contributed by atoms with Gasteiger partial charge in [0, 0.05) is 13.0 Å². The Hall–Kier alpha value is -4.38. The number of amides is 1. The van der Waals surface area contributed by atoms with Crippen LogP contribution in [0.1, 0.15) is 18.1 Å². The zero-order valence-electron chi connectivity index (χ0n) is 20.8. The molecule has 0 aliphatic carbocycles. The molecular weight excluding hydrogens is 498 g/mol. The van der Waals surface area contributed by atoms with Gasteiger partial charge in [0.2, 0.25) is 0 Å². The fraction of sp³-hybridized carbons (Fsp3) is 0.192. The van der Waals surface area contributed by atoms with Crippen molar-refractivity contribution in [2.24, 2.45) is 5.10 Å².